The number of carbonyl (C=O) groups is 1. The highest BCUT2D eigenvalue weighted by molar-refractivity contribution is 6.07. The van der Waals surface area contributed by atoms with Gasteiger partial charge in [-0.2, -0.15) is 0 Å². The molecule has 0 spiro atoms. The van der Waals surface area contributed by atoms with Crippen molar-refractivity contribution >= 4 is 5.78 Å². The maximum Gasteiger partial charge on any atom is 0.329 e. The number of hydrogen-bond acceptors (Lipinski definition) is 4. The van der Waals surface area contributed by atoms with E-state index in [4.69, 9.17) is 0 Å². The third kappa shape index (κ3) is 3.83. The van der Waals surface area contributed by atoms with Crippen LogP contribution in [0.2, 0.25) is 0 Å². The van der Waals surface area contributed by atoms with Crippen molar-refractivity contribution in [3.63, 3.8) is 0 Å². The molecule has 0 aliphatic heterocycles. The van der Waals surface area contributed by atoms with E-state index in [1.165, 1.54) is 28.8 Å². The van der Waals surface area contributed by atoms with E-state index in [1.807, 2.05) is 13.0 Å². The fourth-order valence-corrected chi connectivity index (χ4v) is 3.20. The van der Waals surface area contributed by atoms with Gasteiger partial charge >= 0.3 is 5.69 Å². The van der Waals surface area contributed by atoms with Crippen LogP contribution >= 0.6 is 0 Å². The Morgan fingerprint density at radius 2 is 1.82 bits per heavy atom. The first-order valence-corrected chi connectivity index (χ1v) is 8.90. The lowest BCUT2D eigenvalue weighted by Gasteiger charge is -2.15. The third-order valence-electron chi connectivity index (χ3n) is 4.45. The van der Waals surface area contributed by atoms with Gasteiger partial charge < -0.3 is 0 Å². The quantitative estimate of drug-likeness (QED) is 0.689. The number of aromatic nitrogens is 3. The van der Waals surface area contributed by atoms with Crippen LogP contribution in [0.5, 0.6) is 0 Å². The van der Waals surface area contributed by atoms with Crippen LogP contribution in [0.1, 0.15) is 45.5 Å². The molecule has 3 aromatic rings. The first kappa shape index (κ1) is 19.4. The maximum absolute atomic E-state index is 13.3. The lowest BCUT2D eigenvalue weighted by Crippen LogP contribution is -2.37. The van der Waals surface area contributed by atoms with E-state index in [2.05, 4.69) is 9.97 Å². The minimum absolute atomic E-state index is 0.0121. The summed E-state index contributed by atoms with van der Waals surface area (Å²) in [7, 11) is 0. The number of rotatable bonds is 5. The highest BCUT2D eigenvalue weighted by Gasteiger charge is 2.23. The van der Waals surface area contributed by atoms with Crippen molar-refractivity contribution in [1.82, 2.24) is 14.5 Å². The highest BCUT2D eigenvalue weighted by atomic mass is 19.1. The molecular weight excluding hydrogens is 361 g/mol. The number of H-pyrrole nitrogens is 1. The lowest BCUT2D eigenvalue weighted by atomic mass is 10.0. The summed E-state index contributed by atoms with van der Waals surface area (Å²) in [6.07, 6.45) is 0.269. The lowest BCUT2D eigenvalue weighted by molar-refractivity contribution is 0.102. The summed E-state index contributed by atoms with van der Waals surface area (Å²) in [6, 6.07) is 9.08. The summed E-state index contributed by atoms with van der Waals surface area (Å²) in [4.78, 5) is 44.7. The van der Waals surface area contributed by atoms with Gasteiger partial charge in [-0.25, -0.2) is 14.2 Å². The molecule has 7 heteroatoms. The molecule has 2 heterocycles. The number of carbonyl (C=O) groups excluding carboxylic acids is 1. The Bertz CT molecular complexity index is 1140. The molecule has 6 nitrogen and oxygen atoms in total. The Labute approximate surface area is 160 Å². The molecule has 3 rings (SSSR count). The Morgan fingerprint density at radius 3 is 2.43 bits per heavy atom. The summed E-state index contributed by atoms with van der Waals surface area (Å²) in [5, 5.41) is 0. The minimum Gasteiger partial charge on any atom is -0.285 e. The van der Waals surface area contributed by atoms with Crippen LogP contribution in [0.15, 0.2) is 46.0 Å². The number of aryl methyl sites for hydroxylation is 2. The molecule has 2 aromatic heterocycles. The van der Waals surface area contributed by atoms with Gasteiger partial charge in [-0.3, -0.25) is 19.1 Å². The standard InChI is InChI=1S/C21H20FN3O3/c1-4-16-18(19(26)17-10-12(2)9-13(3)23-17)25(21(28)24-20(16)27)11-14-5-7-15(22)8-6-14/h5-10H,4,11H2,1-3H3,(H,24,27,28). The second-order valence-corrected chi connectivity index (χ2v) is 6.65. The van der Waals surface area contributed by atoms with E-state index < -0.39 is 22.8 Å². The van der Waals surface area contributed by atoms with Crippen LogP contribution in [0, 0.1) is 19.7 Å². The summed E-state index contributed by atoms with van der Waals surface area (Å²) >= 11 is 0. The second kappa shape index (κ2) is 7.72. The molecular formula is C21H20FN3O3. The van der Waals surface area contributed by atoms with E-state index in [0.29, 0.717) is 11.3 Å². The third-order valence-corrected chi connectivity index (χ3v) is 4.45. The zero-order valence-corrected chi connectivity index (χ0v) is 15.9. The molecule has 0 unspecified atom stereocenters. The molecule has 0 bridgehead atoms. The zero-order valence-electron chi connectivity index (χ0n) is 15.9. The number of pyridine rings is 1. The molecule has 0 saturated heterocycles. The molecule has 28 heavy (non-hydrogen) atoms. The van der Waals surface area contributed by atoms with Crippen LogP contribution < -0.4 is 11.2 Å². The smallest absolute Gasteiger partial charge is 0.285 e. The van der Waals surface area contributed by atoms with Crippen LogP contribution in [0.3, 0.4) is 0 Å². The molecule has 0 amide bonds. The number of nitrogens with one attached hydrogen (secondary N) is 1. The van der Waals surface area contributed by atoms with Crippen molar-refractivity contribution < 1.29 is 9.18 Å². The van der Waals surface area contributed by atoms with Gasteiger partial charge in [0.25, 0.3) is 5.56 Å². The van der Waals surface area contributed by atoms with Crippen LogP contribution in [0.4, 0.5) is 4.39 Å². The van der Waals surface area contributed by atoms with Crippen molar-refractivity contribution in [3.05, 3.63) is 96.8 Å². The normalized spacial score (nSPS) is 10.9. The number of benzene rings is 1. The second-order valence-electron chi connectivity index (χ2n) is 6.65. The van der Waals surface area contributed by atoms with Crippen LogP contribution in [0.25, 0.3) is 0 Å². The first-order chi connectivity index (χ1) is 13.3. The van der Waals surface area contributed by atoms with E-state index in [1.54, 1.807) is 19.9 Å². The fourth-order valence-electron chi connectivity index (χ4n) is 3.20. The van der Waals surface area contributed by atoms with Crippen LogP contribution in [-0.4, -0.2) is 20.3 Å². The molecule has 0 aliphatic rings. The van der Waals surface area contributed by atoms with E-state index >= 15 is 0 Å². The van der Waals surface area contributed by atoms with Crippen molar-refractivity contribution in [3.8, 4) is 0 Å². The van der Waals surface area contributed by atoms with Crippen LogP contribution in [-0.2, 0) is 13.0 Å². The number of ketones is 1. The molecule has 1 aromatic carbocycles. The molecule has 144 valence electrons. The summed E-state index contributed by atoms with van der Waals surface area (Å²) in [5.41, 5.74) is 1.26. The largest absolute Gasteiger partial charge is 0.329 e. The van der Waals surface area contributed by atoms with E-state index in [-0.39, 0.29) is 29.9 Å². The van der Waals surface area contributed by atoms with Gasteiger partial charge in [0.15, 0.2) is 0 Å². The molecule has 1 N–H and O–H groups in total. The van der Waals surface area contributed by atoms with Gasteiger partial charge in [-0.1, -0.05) is 19.1 Å². The van der Waals surface area contributed by atoms with Gasteiger partial charge in [0.2, 0.25) is 5.78 Å². The monoisotopic (exact) mass is 381 g/mol. The average molecular weight is 381 g/mol. The Balaban J connectivity index is 2.22. The summed E-state index contributed by atoms with van der Waals surface area (Å²) in [6.45, 7) is 5.38. The SMILES string of the molecule is CCc1c(C(=O)c2cc(C)cc(C)n2)n(Cc2ccc(F)cc2)c(=O)[nH]c1=O. The zero-order chi connectivity index (χ0) is 20.4. The van der Waals surface area contributed by atoms with Crippen molar-refractivity contribution in [2.75, 3.05) is 0 Å². The van der Waals surface area contributed by atoms with Gasteiger partial charge in [0.05, 0.1) is 6.54 Å². The number of halogens is 1. The molecule has 0 radical (unpaired) electrons. The average Bonchev–Trinajstić information content (AvgIpc) is 2.64. The maximum atomic E-state index is 13.3. The molecule has 0 aliphatic carbocycles. The predicted octanol–water partition coefficient (Wildman–Crippen LogP) is 2.53. The summed E-state index contributed by atoms with van der Waals surface area (Å²) in [5.74, 6) is -0.892. The molecule has 0 saturated carbocycles. The summed E-state index contributed by atoms with van der Waals surface area (Å²) < 4.78 is 14.4. The first-order valence-electron chi connectivity index (χ1n) is 8.90. The van der Waals surface area contributed by atoms with E-state index in [9.17, 15) is 18.8 Å². The molecule has 0 fully saturated rings. The highest BCUT2D eigenvalue weighted by Crippen LogP contribution is 2.14. The number of hydrogen-bond donors (Lipinski definition) is 1. The van der Waals surface area contributed by atoms with Crippen molar-refractivity contribution in [1.29, 1.82) is 0 Å². The van der Waals surface area contributed by atoms with Crippen molar-refractivity contribution in [2.24, 2.45) is 0 Å². The predicted molar refractivity (Wildman–Crippen MR) is 103 cm³/mol. The molecule has 0 atom stereocenters. The minimum atomic E-state index is -0.695. The fraction of sp³-hybridized carbons (Fsp3) is 0.238. The Kier molecular flexibility index (Phi) is 5.35. The van der Waals surface area contributed by atoms with Gasteiger partial charge in [0, 0.05) is 11.3 Å². The van der Waals surface area contributed by atoms with Gasteiger partial charge in [0.1, 0.15) is 17.2 Å². The van der Waals surface area contributed by atoms with Gasteiger partial charge in [-0.15, -0.1) is 0 Å². The Hall–Kier alpha value is -3.35. The Morgan fingerprint density at radius 1 is 1.14 bits per heavy atom. The topological polar surface area (TPSA) is 84.8 Å². The number of nitrogens with zero attached hydrogens (tertiary/aromatic N) is 2. The van der Waals surface area contributed by atoms with Gasteiger partial charge in [-0.05, 0) is 55.7 Å². The van der Waals surface area contributed by atoms with Crippen molar-refractivity contribution in [2.45, 2.75) is 33.7 Å². The van der Waals surface area contributed by atoms with E-state index in [0.717, 1.165) is 5.56 Å². The number of aromatic amines is 1.